The molecule has 1 unspecified atom stereocenters. The molecule has 3 aromatic carbocycles. The minimum absolute atomic E-state index is 0.0532. The molecule has 0 bridgehead atoms. The summed E-state index contributed by atoms with van der Waals surface area (Å²) < 4.78 is 46.3. The van der Waals surface area contributed by atoms with Gasteiger partial charge in [-0.15, -0.1) is 0 Å². The molecule has 2 amide bonds. The summed E-state index contributed by atoms with van der Waals surface area (Å²) in [6.07, 6.45) is 0. The van der Waals surface area contributed by atoms with E-state index in [2.05, 4.69) is 15.4 Å². The number of nitrogens with one attached hydrogen (secondary N) is 3. The molecule has 3 aromatic rings. The minimum atomic E-state index is -3.93. The number of hydrogen-bond donors (Lipinski definition) is 3. The van der Waals surface area contributed by atoms with Gasteiger partial charge in [-0.05, 0) is 72.6 Å². The maximum Gasteiger partial charge on any atom is 0.261 e. The van der Waals surface area contributed by atoms with E-state index in [9.17, 15) is 22.4 Å². The van der Waals surface area contributed by atoms with Crippen molar-refractivity contribution in [2.75, 3.05) is 17.1 Å². The SMILES string of the molecule is COc1ccc(NS(=O)(=O)c2cccc(NC(=O)C(NC(=O)c3ccc(F)cc3)C(C)C)c2)cc1. The third-order valence-corrected chi connectivity index (χ3v) is 6.48. The highest BCUT2D eigenvalue weighted by atomic mass is 32.2. The number of rotatable bonds is 9. The summed E-state index contributed by atoms with van der Waals surface area (Å²) in [5.41, 5.74) is 0.806. The molecule has 184 valence electrons. The van der Waals surface area contributed by atoms with Crippen molar-refractivity contribution in [3.8, 4) is 5.75 Å². The molecule has 0 aliphatic rings. The normalized spacial score (nSPS) is 12.0. The molecule has 0 radical (unpaired) electrons. The van der Waals surface area contributed by atoms with E-state index in [1.54, 1.807) is 44.2 Å². The van der Waals surface area contributed by atoms with E-state index >= 15 is 0 Å². The average molecular weight is 500 g/mol. The maximum atomic E-state index is 13.1. The topological polar surface area (TPSA) is 114 Å². The molecular formula is C25H26FN3O5S. The number of anilines is 2. The summed E-state index contributed by atoms with van der Waals surface area (Å²) in [5, 5.41) is 5.30. The van der Waals surface area contributed by atoms with Gasteiger partial charge in [0.1, 0.15) is 17.6 Å². The van der Waals surface area contributed by atoms with E-state index in [4.69, 9.17) is 4.74 Å². The van der Waals surface area contributed by atoms with Gasteiger partial charge in [0.25, 0.3) is 15.9 Å². The number of methoxy groups -OCH3 is 1. The summed E-state index contributed by atoms with van der Waals surface area (Å²) in [4.78, 5) is 25.4. The van der Waals surface area contributed by atoms with Gasteiger partial charge in [-0.3, -0.25) is 14.3 Å². The van der Waals surface area contributed by atoms with E-state index in [1.165, 1.54) is 37.4 Å². The second-order valence-corrected chi connectivity index (χ2v) is 9.74. The van der Waals surface area contributed by atoms with Crippen LogP contribution in [0.2, 0.25) is 0 Å². The van der Waals surface area contributed by atoms with Crippen LogP contribution in [0.25, 0.3) is 0 Å². The third kappa shape index (κ3) is 6.80. The van der Waals surface area contributed by atoms with Crippen molar-refractivity contribution < 1.29 is 27.1 Å². The Labute approximate surface area is 203 Å². The number of amides is 2. The second-order valence-electron chi connectivity index (χ2n) is 8.05. The maximum absolute atomic E-state index is 13.1. The van der Waals surface area contributed by atoms with E-state index in [0.717, 1.165) is 12.1 Å². The van der Waals surface area contributed by atoms with Gasteiger partial charge < -0.3 is 15.4 Å². The molecule has 0 aliphatic heterocycles. The van der Waals surface area contributed by atoms with Crippen LogP contribution in [0.15, 0.2) is 77.7 Å². The Morgan fingerprint density at radius 3 is 2.17 bits per heavy atom. The molecule has 1 atom stereocenters. The Kier molecular flexibility index (Phi) is 8.08. The zero-order valence-electron chi connectivity index (χ0n) is 19.4. The van der Waals surface area contributed by atoms with Gasteiger partial charge in [0.2, 0.25) is 5.91 Å². The number of carbonyl (C=O) groups excluding carboxylic acids is 2. The average Bonchev–Trinajstić information content (AvgIpc) is 2.83. The molecule has 0 aromatic heterocycles. The molecule has 3 rings (SSSR count). The van der Waals surface area contributed by atoms with Gasteiger partial charge in [0.05, 0.1) is 12.0 Å². The van der Waals surface area contributed by atoms with Gasteiger partial charge in [-0.25, -0.2) is 12.8 Å². The first-order valence-corrected chi connectivity index (χ1v) is 12.2. The fourth-order valence-corrected chi connectivity index (χ4v) is 4.30. The van der Waals surface area contributed by atoms with Crippen molar-refractivity contribution in [2.24, 2.45) is 5.92 Å². The van der Waals surface area contributed by atoms with Crippen LogP contribution in [-0.4, -0.2) is 33.4 Å². The smallest absolute Gasteiger partial charge is 0.261 e. The fraction of sp³-hybridized carbons (Fsp3) is 0.200. The highest BCUT2D eigenvalue weighted by Crippen LogP contribution is 2.22. The highest BCUT2D eigenvalue weighted by molar-refractivity contribution is 7.92. The lowest BCUT2D eigenvalue weighted by atomic mass is 10.0. The Balaban J connectivity index is 1.73. The third-order valence-electron chi connectivity index (χ3n) is 5.10. The Morgan fingerprint density at radius 2 is 1.57 bits per heavy atom. The van der Waals surface area contributed by atoms with Crippen molar-refractivity contribution in [2.45, 2.75) is 24.8 Å². The first kappa shape index (κ1) is 25.7. The predicted octanol–water partition coefficient (Wildman–Crippen LogP) is 4.03. The van der Waals surface area contributed by atoms with Crippen molar-refractivity contribution in [3.05, 3.63) is 84.2 Å². The van der Waals surface area contributed by atoms with Gasteiger partial charge >= 0.3 is 0 Å². The minimum Gasteiger partial charge on any atom is -0.497 e. The molecule has 0 heterocycles. The van der Waals surface area contributed by atoms with Crippen molar-refractivity contribution in [1.29, 1.82) is 0 Å². The number of ether oxygens (including phenoxy) is 1. The molecule has 0 spiro atoms. The lowest BCUT2D eigenvalue weighted by Crippen LogP contribution is -2.47. The van der Waals surface area contributed by atoms with E-state index < -0.39 is 33.7 Å². The van der Waals surface area contributed by atoms with Crippen LogP contribution >= 0.6 is 0 Å². The largest absolute Gasteiger partial charge is 0.497 e. The monoisotopic (exact) mass is 499 g/mol. The highest BCUT2D eigenvalue weighted by Gasteiger charge is 2.25. The summed E-state index contributed by atoms with van der Waals surface area (Å²) >= 11 is 0. The number of benzene rings is 3. The molecule has 10 heteroatoms. The first-order valence-electron chi connectivity index (χ1n) is 10.7. The van der Waals surface area contributed by atoms with Crippen molar-refractivity contribution in [3.63, 3.8) is 0 Å². The van der Waals surface area contributed by atoms with Gasteiger partial charge in [-0.2, -0.15) is 0 Å². The number of hydrogen-bond acceptors (Lipinski definition) is 5. The van der Waals surface area contributed by atoms with Crippen LogP contribution in [-0.2, 0) is 14.8 Å². The Bertz CT molecular complexity index is 1290. The van der Waals surface area contributed by atoms with Crippen LogP contribution in [0.1, 0.15) is 24.2 Å². The molecular weight excluding hydrogens is 473 g/mol. The molecule has 0 saturated heterocycles. The number of carbonyl (C=O) groups is 2. The summed E-state index contributed by atoms with van der Waals surface area (Å²) in [6, 6.07) is 16.2. The zero-order valence-corrected chi connectivity index (χ0v) is 20.2. The van der Waals surface area contributed by atoms with E-state index in [1.807, 2.05) is 0 Å². The van der Waals surface area contributed by atoms with Crippen molar-refractivity contribution in [1.82, 2.24) is 5.32 Å². The lowest BCUT2D eigenvalue weighted by Gasteiger charge is -2.22. The molecule has 0 saturated carbocycles. The first-order chi connectivity index (χ1) is 16.6. The number of sulfonamides is 1. The van der Waals surface area contributed by atoms with Gasteiger partial charge in [0.15, 0.2) is 0 Å². The molecule has 0 fully saturated rings. The predicted molar refractivity (Wildman–Crippen MR) is 131 cm³/mol. The quantitative estimate of drug-likeness (QED) is 0.411. The van der Waals surface area contributed by atoms with Gasteiger partial charge in [0, 0.05) is 16.9 Å². The van der Waals surface area contributed by atoms with E-state index in [0.29, 0.717) is 11.4 Å². The summed E-state index contributed by atoms with van der Waals surface area (Å²) in [5.74, 6) is -1.21. The standard InChI is InChI=1S/C25H26FN3O5S/c1-16(2)23(28-24(30)17-7-9-18(26)10-8-17)25(31)27-20-5-4-6-22(15-20)35(32,33)29-19-11-13-21(34-3)14-12-19/h4-16,23,29H,1-3H3,(H,27,31)(H,28,30). The Hall–Kier alpha value is -3.92. The number of halogens is 1. The fourth-order valence-electron chi connectivity index (χ4n) is 3.19. The van der Waals surface area contributed by atoms with Crippen LogP contribution in [0.3, 0.4) is 0 Å². The summed E-state index contributed by atoms with van der Waals surface area (Å²) in [6.45, 7) is 3.52. The van der Waals surface area contributed by atoms with Gasteiger partial charge in [-0.1, -0.05) is 19.9 Å². The van der Waals surface area contributed by atoms with E-state index in [-0.39, 0.29) is 22.1 Å². The Morgan fingerprint density at radius 1 is 0.914 bits per heavy atom. The molecule has 3 N–H and O–H groups in total. The van der Waals surface area contributed by atoms with Crippen LogP contribution in [0.4, 0.5) is 15.8 Å². The second kappa shape index (κ2) is 11.0. The zero-order chi connectivity index (χ0) is 25.6. The van der Waals surface area contributed by atoms with Crippen LogP contribution < -0.4 is 20.1 Å². The van der Waals surface area contributed by atoms with Crippen LogP contribution in [0, 0.1) is 11.7 Å². The van der Waals surface area contributed by atoms with Crippen molar-refractivity contribution >= 4 is 33.2 Å². The molecule has 35 heavy (non-hydrogen) atoms. The summed E-state index contributed by atoms with van der Waals surface area (Å²) in [7, 11) is -2.42. The molecule has 0 aliphatic carbocycles. The lowest BCUT2D eigenvalue weighted by molar-refractivity contribution is -0.118. The molecule has 8 nitrogen and oxygen atoms in total. The van der Waals surface area contributed by atoms with Crippen LogP contribution in [0.5, 0.6) is 5.75 Å².